The molecule has 3 amide bonds. The van der Waals surface area contributed by atoms with Crippen molar-refractivity contribution in [3.8, 4) is 0 Å². The maximum absolute atomic E-state index is 12.2. The van der Waals surface area contributed by atoms with Crippen LogP contribution in [0.2, 0.25) is 0 Å². The Morgan fingerprint density at radius 3 is 2.41 bits per heavy atom. The van der Waals surface area contributed by atoms with E-state index in [1.54, 1.807) is 34.9 Å². The highest BCUT2D eigenvalue weighted by atomic mass is 32.2. The van der Waals surface area contributed by atoms with Gasteiger partial charge in [-0.25, -0.2) is 4.98 Å². The second-order valence-corrected chi connectivity index (χ2v) is 6.91. The Bertz CT molecular complexity index is 879. The largest absolute Gasteiger partial charge is 0.390 e. The molecule has 10 heteroatoms. The normalized spacial score (nSPS) is 10.3. The fraction of sp³-hybridized carbons (Fsp3) is 0.263. The number of thioether (sulfide) groups is 1. The summed E-state index contributed by atoms with van der Waals surface area (Å²) in [6, 6.07) is 6.74. The Morgan fingerprint density at radius 2 is 1.83 bits per heavy atom. The van der Waals surface area contributed by atoms with Crippen molar-refractivity contribution in [3.63, 3.8) is 0 Å². The molecule has 2 aromatic rings. The predicted octanol–water partition coefficient (Wildman–Crippen LogP) is 1.37. The summed E-state index contributed by atoms with van der Waals surface area (Å²) in [6.45, 7) is 5.02. The first-order valence-electron chi connectivity index (χ1n) is 8.76. The third kappa shape index (κ3) is 7.09. The Labute approximate surface area is 172 Å². The number of aliphatic hydroxyl groups excluding tert-OH is 1. The number of amides is 3. The molecular weight excluding hydrogens is 394 g/mol. The minimum Gasteiger partial charge on any atom is -0.390 e. The Hall–Kier alpha value is -3.11. The van der Waals surface area contributed by atoms with E-state index < -0.39 is 0 Å². The number of carbonyl (C=O) groups is 3. The van der Waals surface area contributed by atoms with E-state index in [1.165, 1.54) is 13.1 Å². The number of anilines is 2. The minimum absolute atomic E-state index is 0.0156. The molecule has 2 rings (SSSR count). The molecule has 0 aliphatic carbocycles. The molecule has 0 aliphatic heterocycles. The molecule has 0 bridgehead atoms. The van der Waals surface area contributed by atoms with Gasteiger partial charge in [-0.3, -0.25) is 14.4 Å². The molecule has 29 heavy (non-hydrogen) atoms. The van der Waals surface area contributed by atoms with Crippen LogP contribution in [0, 0.1) is 0 Å². The number of aromatic nitrogens is 2. The maximum atomic E-state index is 12.2. The molecule has 0 unspecified atom stereocenters. The third-order valence-electron chi connectivity index (χ3n) is 3.63. The van der Waals surface area contributed by atoms with Gasteiger partial charge in [-0.05, 0) is 24.3 Å². The van der Waals surface area contributed by atoms with E-state index >= 15 is 0 Å². The standard InChI is InChI=1S/C19H23N5O4S/c1-3-8-20-17(27)10-24-16(11-25)9-21-19(24)29-12-18(28)23-15-6-4-14(5-7-15)22-13(2)26/h3-7,9,25H,1,8,10-12H2,2H3,(H,20,27)(H,22,26)(H,23,28). The lowest BCUT2D eigenvalue weighted by molar-refractivity contribution is -0.121. The average Bonchev–Trinajstić information content (AvgIpc) is 3.07. The molecule has 154 valence electrons. The minimum atomic E-state index is -0.269. The first-order valence-corrected chi connectivity index (χ1v) is 9.74. The van der Waals surface area contributed by atoms with Crippen molar-refractivity contribution in [2.24, 2.45) is 0 Å². The molecule has 0 radical (unpaired) electrons. The van der Waals surface area contributed by atoms with Crippen LogP contribution in [0.1, 0.15) is 12.6 Å². The molecule has 1 aromatic heterocycles. The van der Waals surface area contributed by atoms with Gasteiger partial charge in [0.2, 0.25) is 17.7 Å². The topological polar surface area (TPSA) is 125 Å². The van der Waals surface area contributed by atoms with Crippen molar-refractivity contribution >= 4 is 40.9 Å². The van der Waals surface area contributed by atoms with Crippen LogP contribution in [0.3, 0.4) is 0 Å². The van der Waals surface area contributed by atoms with Crippen molar-refractivity contribution in [1.82, 2.24) is 14.9 Å². The molecule has 0 saturated carbocycles. The number of nitrogens with one attached hydrogen (secondary N) is 3. The number of hydrogen-bond acceptors (Lipinski definition) is 6. The van der Waals surface area contributed by atoms with Gasteiger partial charge in [0.15, 0.2) is 5.16 Å². The molecule has 0 atom stereocenters. The first-order chi connectivity index (χ1) is 13.9. The zero-order valence-electron chi connectivity index (χ0n) is 16.0. The summed E-state index contributed by atoms with van der Waals surface area (Å²) in [5.74, 6) is -0.598. The smallest absolute Gasteiger partial charge is 0.240 e. The van der Waals surface area contributed by atoms with Crippen LogP contribution in [0.25, 0.3) is 0 Å². The summed E-state index contributed by atoms with van der Waals surface area (Å²) in [4.78, 5) is 39.4. The second kappa shape index (κ2) is 11.0. The average molecular weight is 417 g/mol. The third-order valence-corrected chi connectivity index (χ3v) is 4.62. The molecular formula is C19H23N5O4S. The number of nitrogens with zero attached hydrogens (tertiary/aromatic N) is 2. The van der Waals surface area contributed by atoms with E-state index in [1.807, 2.05) is 0 Å². The molecule has 1 aromatic carbocycles. The number of hydrogen-bond donors (Lipinski definition) is 4. The van der Waals surface area contributed by atoms with E-state index in [-0.39, 0.29) is 36.6 Å². The van der Waals surface area contributed by atoms with Gasteiger partial charge in [0.1, 0.15) is 6.54 Å². The highest BCUT2D eigenvalue weighted by molar-refractivity contribution is 7.99. The van der Waals surface area contributed by atoms with Crippen LogP contribution >= 0.6 is 11.8 Å². The van der Waals surface area contributed by atoms with Crippen LogP contribution < -0.4 is 16.0 Å². The summed E-state index contributed by atoms with van der Waals surface area (Å²) >= 11 is 1.16. The second-order valence-electron chi connectivity index (χ2n) is 5.96. The Balaban J connectivity index is 1.94. The number of imidazole rings is 1. The van der Waals surface area contributed by atoms with E-state index in [4.69, 9.17) is 0 Å². The number of carbonyl (C=O) groups excluding carboxylic acids is 3. The van der Waals surface area contributed by atoms with Crippen molar-refractivity contribution in [3.05, 3.63) is 48.8 Å². The molecule has 0 saturated heterocycles. The number of aliphatic hydroxyl groups is 1. The van der Waals surface area contributed by atoms with Crippen LogP contribution in [-0.4, -0.2) is 44.7 Å². The molecule has 0 aliphatic rings. The van der Waals surface area contributed by atoms with Gasteiger partial charge in [0, 0.05) is 24.8 Å². The van der Waals surface area contributed by atoms with Gasteiger partial charge in [0.05, 0.1) is 24.3 Å². The fourth-order valence-corrected chi connectivity index (χ4v) is 3.15. The lowest BCUT2D eigenvalue weighted by Gasteiger charge is -2.11. The van der Waals surface area contributed by atoms with E-state index in [0.717, 1.165) is 11.8 Å². The SMILES string of the molecule is C=CCNC(=O)Cn1c(CO)cnc1SCC(=O)Nc1ccc(NC(C)=O)cc1. The van der Waals surface area contributed by atoms with Gasteiger partial charge < -0.3 is 25.6 Å². The fourth-order valence-electron chi connectivity index (χ4n) is 2.36. The van der Waals surface area contributed by atoms with E-state index in [0.29, 0.717) is 28.8 Å². The van der Waals surface area contributed by atoms with Crippen molar-refractivity contribution in [1.29, 1.82) is 0 Å². The molecule has 0 fully saturated rings. The summed E-state index contributed by atoms with van der Waals surface area (Å²) in [5.41, 5.74) is 1.71. The highest BCUT2D eigenvalue weighted by Crippen LogP contribution is 2.20. The van der Waals surface area contributed by atoms with Gasteiger partial charge in [-0.2, -0.15) is 0 Å². The summed E-state index contributed by atoms with van der Waals surface area (Å²) in [5, 5.41) is 18.0. The van der Waals surface area contributed by atoms with Crippen LogP contribution in [0.5, 0.6) is 0 Å². The highest BCUT2D eigenvalue weighted by Gasteiger charge is 2.15. The summed E-state index contributed by atoms with van der Waals surface area (Å²) < 4.78 is 1.57. The van der Waals surface area contributed by atoms with Gasteiger partial charge in [-0.1, -0.05) is 17.8 Å². The van der Waals surface area contributed by atoms with E-state index in [2.05, 4.69) is 27.5 Å². The van der Waals surface area contributed by atoms with Gasteiger partial charge in [-0.15, -0.1) is 6.58 Å². The van der Waals surface area contributed by atoms with Crippen LogP contribution in [-0.2, 0) is 27.5 Å². The molecule has 0 spiro atoms. The first kappa shape index (κ1) is 22.2. The van der Waals surface area contributed by atoms with Crippen LogP contribution in [0.4, 0.5) is 11.4 Å². The zero-order chi connectivity index (χ0) is 21.2. The summed E-state index contributed by atoms with van der Waals surface area (Å²) in [7, 11) is 0. The number of benzene rings is 1. The molecule has 1 heterocycles. The zero-order valence-corrected chi connectivity index (χ0v) is 16.8. The quantitative estimate of drug-likeness (QED) is 0.342. The summed E-state index contributed by atoms with van der Waals surface area (Å²) in [6.07, 6.45) is 3.04. The monoisotopic (exact) mass is 417 g/mol. The van der Waals surface area contributed by atoms with Gasteiger partial charge >= 0.3 is 0 Å². The lowest BCUT2D eigenvalue weighted by atomic mass is 10.3. The van der Waals surface area contributed by atoms with E-state index in [9.17, 15) is 19.5 Å². The lowest BCUT2D eigenvalue weighted by Crippen LogP contribution is -2.28. The van der Waals surface area contributed by atoms with Crippen LogP contribution in [0.15, 0.2) is 48.3 Å². The predicted molar refractivity (Wildman–Crippen MR) is 111 cm³/mol. The molecule has 4 N–H and O–H groups in total. The van der Waals surface area contributed by atoms with Crippen molar-refractivity contribution in [2.75, 3.05) is 22.9 Å². The number of rotatable bonds is 10. The Morgan fingerprint density at radius 1 is 1.17 bits per heavy atom. The van der Waals surface area contributed by atoms with Crippen molar-refractivity contribution in [2.45, 2.75) is 25.2 Å². The molecule has 9 nitrogen and oxygen atoms in total. The van der Waals surface area contributed by atoms with Gasteiger partial charge in [0.25, 0.3) is 0 Å². The van der Waals surface area contributed by atoms with Crippen molar-refractivity contribution < 1.29 is 19.5 Å². The maximum Gasteiger partial charge on any atom is 0.240 e. The Kier molecular flexibility index (Phi) is 8.44.